The topological polar surface area (TPSA) is 51.0 Å². The quantitative estimate of drug-likeness (QED) is 0.373. The van der Waals surface area contributed by atoms with Crippen molar-refractivity contribution in [1.29, 1.82) is 0 Å². The zero-order valence-electron chi connectivity index (χ0n) is 16.4. The first-order valence-corrected chi connectivity index (χ1v) is 10.5. The van der Waals surface area contributed by atoms with Gasteiger partial charge in [0.05, 0.1) is 12.0 Å². The van der Waals surface area contributed by atoms with E-state index < -0.39 is 0 Å². The summed E-state index contributed by atoms with van der Waals surface area (Å²) in [6, 6.07) is 16.6. The molecule has 0 saturated carbocycles. The summed E-state index contributed by atoms with van der Waals surface area (Å²) in [4.78, 5) is 10.2. The molecular formula is C24H21N3OS. The van der Waals surface area contributed by atoms with Crippen LogP contribution in [0.1, 0.15) is 16.0 Å². The van der Waals surface area contributed by atoms with Gasteiger partial charge in [-0.3, -0.25) is 0 Å². The van der Waals surface area contributed by atoms with Crippen molar-refractivity contribution >= 4 is 38.2 Å². The van der Waals surface area contributed by atoms with Crippen LogP contribution in [0.5, 0.6) is 0 Å². The Hall–Kier alpha value is -3.18. The molecule has 0 aliphatic heterocycles. The van der Waals surface area contributed by atoms with Gasteiger partial charge >= 0.3 is 0 Å². The first-order valence-electron chi connectivity index (χ1n) is 9.70. The number of anilines is 1. The van der Waals surface area contributed by atoms with Gasteiger partial charge in [0.15, 0.2) is 0 Å². The summed E-state index contributed by atoms with van der Waals surface area (Å²) in [6.07, 6.45) is 4.28. The number of thiophene rings is 1. The Morgan fingerprint density at radius 2 is 1.97 bits per heavy atom. The standard InChI is InChI=1S/C24H21N3OS/c1-15-4-3-5-20-19(16(2)29-24(15)20)8-10-25-23-13-21(26-14-27-23)18-7-6-17-9-11-28-22(17)12-18/h3-7,9,11-14H,8,10H2,1-2H3,(H,25,26,27). The highest BCUT2D eigenvalue weighted by atomic mass is 32.1. The molecule has 0 amide bonds. The number of fused-ring (bicyclic) bond motifs is 2. The largest absolute Gasteiger partial charge is 0.464 e. The van der Waals surface area contributed by atoms with Crippen LogP contribution in [0.3, 0.4) is 0 Å². The molecule has 4 nitrogen and oxygen atoms in total. The van der Waals surface area contributed by atoms with Gasteiger partial charge in [-0.1, -0.05) is 30.3 Å². The summed E-state index contributed by atoms with van der Waals surface area (Å²) in [5.74, 6) is 0.836. The number of aromatic nitrogens is 2. The lowest BCUT2D eigenvalue weighted by Crippen LogP contribution is -2.07. The maximum atomic E-state index is 5.51. The Morgan fingerprint density at radius 1 is 1.03 bits per heavy atom. The summed E-state index contributed by atoms with van der Waals surface area (Å²) in [6.45, 7) is 5.23. The second-order valence-corrected chi connectivity index (χ2v) is 8.45. The fraction of sp³-hybridized carbons (Fsp3) is 0.167. The average molecular weight is 400 g/mol. The Balaban J connectivity index is 1.34. The molecule has 0 spiro atoms. The normalized spacial score (nSPS) is 11.4. The van der Waals surface area contributed by atoms with Crippen molar-refractivity contribution in [3.05, 3.63) is 77.1 Å². The molecule has 5 aromatic rings. The smallest absolute Gasteiger partial charge is 0.134 e. The van der Waals surface area contributed by atoms with Gasteiger partial charge in [0, 0.05) is 33.1 Å². The summed E-state index contributed by atoms with van der Waals surface area (Å²) in [5, 5.41) is 5.93. The van der Waals surface area contributed by atoms with Crippen molar-refractivity contribution in [3.8, 4) is 11.3 Å². The van der Waals surface area contributed by atoms with Crippen LogP contribution in [0.25, 0.3) is 32.3 Å². The van der Waals surface area contributed by atoms with Crippen LogP contribution in [0, 0.1) is 13.8 Å². The molecule has 0 radical (unpaired) electrons. The molecular weight excluding hydrogens is 378 g/mol. The Bertz CT molecular complexity index is 1320. The lowest BCUT2D eigenvalue weighted by Gasteiger charge is -2.08. The predicted molar refractivity (Wildman–Crippen MR) is 121 cm³/mol. The molecule has 3 heterocycles. The molecule has 144 valence electrons. The van der Waals surface area contributed by atoms with E-state index in [4.69, 9.17) is 4.42 Å². The van der Waals surface area contributed by atoms with Gasteiger partial charge in [-0.05, 0) is 48.9 Å². The number of nitrogens with zero attached hydrogens (tertiary/aromatic N) is 2. The van der Waals surface area contributed by atoms with E-state index in [2.05, 4.69) is 59.5 Å². The Labute approximate surface area is 173 Å². The summed E-state index contributed by atoms with van der Waals surface area (Å²) in [5.41, 5.74) is 5.55. The molecule has 0 fully saturated rings. The summed E-state index contributed by atoms with van der Waals surface area (Å²) < 4.78 is 6.91. The van der Waals surface area contributed by atoms with Gasteiger partial charge in [0.1, 0.15) is 17.7 Å². The second kappa shape index (κ2) is 7.33. The highest BCUT2D eigenvalue weighted by molar-refractivity contribution is 7.19. The average Bonchev–Trinajstić information content (AvgIpc) is 3.33. The third-order valence-electron chi connectivity index (χ3n) is 5.32. The maximum Gasteiger partial charge on any atom is 0.134 e. The molecule has 0 atom stereocenters. The van der Waals surface area contributed by atoms with Crippen LogP contribution in [0.4, 0.5) is 5.82 Å². The highest BCUT2D eigenvalue weighted by Gasteiger charge is 2.10. The van der Waals surface area contributed by atoms with Gasteiger partial charge < -0.3 is 9.73 Å². The minimum absolute atomic E-state index is 0.828. The zero-order valence-corrected chi connectivity index (χ0v) is 17.2. The second-order valence-electron chi connectivity index (χ2n) is 7.23. The van der Waals surface area contributed by atoms with Crippen LogP contribution in [-0.2, 0) is 6.42 Å². The first-order chi connectivity index (χ1) is 14.2. The first kappa shape index (κ1) is 17.9. The van der Waals surface area contributed by atoms with Crippen LogP contribution in [-0.4, -0.2) is 16.5 Å². The molecule has 0 aliphatic carbocycles. The van der Waals surface area contributed by atoms with E-state index in [1.165, 1.54) is 26.1 Å². The number of hydrogen-bond acceptors (Lipinski definition) is 5. The number of benzene rings is 2. The third-order valence-corrected chi connectivity index (χ3v) is 6.62. The van der Waals surface area contributed by atoms with Gasteiger partial charge in [0.25, 0.3) is 0 Å². The molecule has 3 aromatic heterocycles. The van der Waals surface area contributed by atoms with Crippen LogP contribution in [0.15, 0.2) is 65.5 Å². The Kier molecular flexibility index (Phi) is 4.52. The molecule has 0 bridgehead atoms. The molecule has 5 heteroatoms. The van der Waals surface area contributed by atoms with E-state index in [1.807, 2.05) is 29.5 Å². The maximum absolute atomic E-state index is 5.51. The minimum Gasteiger partial charge on any atom is -0.464 e. The van der Waals surface area contributed by atoms with Crippen molar-refractivity contribution < 1.29 is 4.42 Å². The van der Waals surface area contributed by atoms with Crippen LogP contribution >= 0.6 is 11.3 Å². The van der Waals surface area contributed by atoms with Gasteiger partial charge in [-0.15, -0.1) is 11.3 Å². The molecule has 5 rings (SSSR count). The van der Waals surface area contributed by atoms with Crippen molar-refractivity contribution in [2.24, 2.45) is 0 Å². The van der Waals surface area contributed by atoms with E-state index in [9.17, 15) is 0 Å². The molecule has 0 aliphatic rings. The van der Waals surface area contributed by atoms with Gasteiger partial charge in [-0.2, -0.15) is 0 Å². The van der Waals surface area contributed by atoms with Crippen molar-refractivity contribution in [1.82, 2.24) is 9.97 Å². The number of aryl methyl sites for hydroxylation is 2. The summed E-state index contributed by atoms with van der Waals surface area (Å²) >= 11 is 1.89. The highest BCUT2D eigenvalue weighted by Crippen LogP contribution is 2.33. The molecule has 2 aromatic carbocycles. The Morgan fingerprint density at radius 3 is 2.90 bits per heavy atom. The number of hydrogen-bond donors (Lipinski definition) is 1. The lowest BCUT2D eigenvalue weighted by atomic mass is 10.1. The van der Waals surface area contributed by atoms with E-state index in [0.717, 1.165) is 41.0 Å². The summed E-state index contributed by atoms with van der Waals surface area (Å²) in [7, 11) is 0. The number of nitrogens with one attached hydrogen (secondary N) is 1. The van der Waals surface area contributed by atoms with Gasteiger partial charge in [-0.25, -0.2) is 9.97 Å². The van der Waals surface area contributed by atoms with Crippen LogP contribution in [0.2, 0.25) is 0 Å². The monoisotopic (exact) mass is 399 g/mol. The zero-order chi connectivity index (χ0) is 19.8. The SMILES string of the molecule is Cc1sc2c(C)cccc2c1CCNc1cc(-c2ccc3ccoc3c2)ncn1. The van der Waals surface area contributed by atoms with Crippen molar-refractivity contribution in [2.45, 2.75) is 20.3 Å². The fourth-order valence-electron chi connectivity index (χ4n) is 3.78. The molecule has 0 saturated heterocycles. The van der Waals surface area contributed by atoms with Crippen LogP contribution < -0.4 is 5.32 Å². The number of rotatable bonds is 5. The minimum atomic E-state index is 0.828. The van der Waals surface area contributed by atoms with E-state index in [0.29, 0.717) is 0 Å². The van der Waals surface area contributed by atoms with E-state index >= 15 is 0 Å². The fourth-order valence-corrected chi connectivity index (χ4v) is 4.95. The molecule has 29 heavy (non-hydrogen) atoms. The predicted octanol–water partition coefficient (Wildman–Crippen LogP) is 6.38. The van der Waals surface area contributed by atoms with E-state index in [-0.39, 0.29) is 0 Å². The van der Waals surface area contributed by atoms with Crippen molar-refractivity contribution in [3.63, 3.8) is 0 Å². The molecule has 1 N–H and O–H groups in total. The van der Waals surface area contributed by atoms with Crippen molar-refractivity contribution in [2.75, 3.05) is 11.9 Å². The molecule has 0 unspecified atom stereocenters. The third kappa shape index (κ3) is 3.38. The lowest BCUT2D eigenvalue weighted by molar-refractivity contribution is 0.616. The van der Waals surface area contributed by atoms with E-state index in [1.54, 1.807) is 12.6 Å². The van der Waals surface area contributed by atoms with Gasteiger partial charge in [0.2, 0.25) is 0 Å². The number of furan rings is 1.